The Balaban J connectivity index is 2.64. The van der Waals surface area contributed by atoms with Crippen molar-refractivity contribution in [1.82, 2.24) is 9.78 Å². The van der Waals surface area contributed by atoms with Crippen LogP contribution in [-0.2, 0) is 11.8 Å². The van der Waals surface area contributed by atoms with Gasteiger partial charge in [0.05, 0.1) is 12.8 Å². The van der Waals surface area contributed by atoms with Crippen molar-refractivity contribution in [3.05, 3.63) is 11.3 Å². The Morgan fingerprint density at radius 2 is 2.46 bits per heavy atom. The lowest BCUT2D eigenvalue weighted by atomic mass is 10.6. The summed E-state index contributed by atoms with van der Waals surface area (Å²) in [6.45, 7) is 1.95. The van der Waals surface area contributed by atoms with Crippen LogP contribution in [0.15, 0.2) is 6.20 Å². The maximum atomic E-state index is 10.8. The highest BCUT2D eigenvalue weighted by Gasteiger charge is 2.11. The van der Waals surface area contributed by atoms with Gasteiger partial charge < -0.3 is 9.47 Å². The highest BCUT2D eigenvalue weighted by atomic mass is 35.5. The van der Waals surface area contributed by atoms with E-state index in [2.05, 4.69) is 9.84 Å². The summed E-state index contributed by atoms with van der Waals surface area (Å²) in [6, 6.07) is 0. The van der Waals surface area contributed by atoms with Gasteiger partial charge in [-0.15, -0.1) is 0 Å². The van der Waals surface area contributed by atoms with Crippen LogP contribution in [0.3, 0.4) is 0 Å². The second-order valence-corrected chi connectivity index (χ2v) is 2.57. The minimum atomic E-state index is -0.780. The SMILES string of the molecule is CCOC(=O)Oc1cnn(C)c1Cl. The molecule has 0 saturated carbocycles. The number of halogens is 1. The largest absolute Gasteiger partial charge is 0.513 e. The molecular formula is C7H9ClN2O3. The molecule has 0 aliphatic heterocycles. The summed E-state index contributed by atoms with van der Waals surface area (Å²) in [6.07, 6.45) is 0.566. The van der Waals surface area contributed by atoms with Crippen LogP contribution >= 0.6 is 11.6 Å². The van der Waals surface area contributed by atoms with Gasteiger partial charge in [0.25, 0.3) is 0 Å². The standard InChI is InChI=1S/C7H9ClN2O3/c1-3-12-7(11)13-5-4-9-10(2)6(5)8/h4H,3H2,1-2H3. The van der Waals surface area contributed by atoms with Crippen molar-refractivity contribution in [2.45, 2.75) is 6.92 Å². The predicted octanol–water partition coefficient (Wildman–Crippen LogP) is 1.61. The second kappa shape index (κ2) is 4.13. The molecule has 0 radical (unpaired) electrons. The minimum Gasteiger partial charge on any atom is -0.434 e. The number of aromatic nitrogens is 2. The number of rotatable bonds is 2. The van der Waals surface area contributed by atoms with Crippen molar-refractivity contribution in [3.63, 3.8) is 0 Å². The average molecular weight is 205 g/mol. The molecule has 72 valence electrons. The summed E-state index contributed by atoms with van der Waals surface area (Å²) in [7, 11) is 1.64. The number of carbonyl (C=O) groups is 1. The van der Waals surface area contributed by atoms with E-state index < -0.39 is 6.16 Å². The molecule has 1 aromatic heterocycles. The van der Waals surface area contributed by atoms with Crippen LogP contribution in [0.2, 0.25) is 5.15 Å². The summed E-state index contributed by atoms with van der Waals surface area (Å²) in [5.74, 6) is 0.197. The lowest BCUT2D eigenvalue weighted by Crippen LogP contribution is -2.09. The van der Waals surface area contributed by atoms with E-state index in [-0.39, 0.29) is 17.5 Å². The van der Waals surface area contributed by atoms with Crippen LogP contribution in [0, 0.1) is 0 Å². The van der Waals surface area contributed by atoms with Crippen LogP contribution in [0.1, 0.15) is 6.92 Å². The molecule has 1 heterocycles. The average Bonchev–Trinajstić information content (AvgIpc) is 2.37. The van der Waals surface area contributed by atoms with Crippen LogP contribution in [0.4, 0.5) is 4.79 Å². The molecule has 5 nitrogen and oxygen atoms in total. The van der Waals surface area contributed by atoms with Crippen LogP contribution in [-0.4, -0.2) is 22.5 Å². The van der Waals surface area contributed by atoms with Crippen LogP contribution in [0.25, 0.3) is 0 Å². The van der Waals surface area contributed by atoms with Gasteiger partial charge in [-0.2, -0.15) is 5.10 Å². The van der Waals surface area contributed by atoms with E-state index >= 15 is 0 Å². The molecule has 0 atom stereocenters. The number of hydrogen-bond acceptors (Lipinski definition) is 4. The Morgan fingerprint density at radius 1 is 1.77 bits per heavy atom. The fraction of sp³-hybridized carbons (Fsp3) is 0.429. The molecule has 1 aromatic rings. The predicted molar refractivity (Wildman–Crippen MR) is 45.9 cm³/mol. The lowest BCUT2D eigenvalue weighted by molar-refractivity contribution is 0.104. The van der Waals surface area contributed by atoms with E-state index in [1.54, 1.807) is 14.0 Å². The van der Waals surface area contributed by atoms with E-state index in [9.17, 15) is 4.79 Å². The van der Waals surface area contributed by atoms with Crippen LogP contribution in [0.5, 0.6) is 5.75 Å². The lowest BCUT2D eigenvalue weighted by Gasteiger charge is -2.01. The van der Waals surface area contributed by atoms with Gasteiger partial charge in [0, 0.05) is 7.05 Å². The van der Waals surface area contributed by atoms with Crippen molar-refractivity contribution < 1.29 is 14.3 Å². The Kier molecular flexibility index (Phi) is 3.13. The number of hydrogen-bond donors (Lipinski definition) is 0. The smallest absolute Gasteiger partial charge is 0.434 e. The molecule has 0 unspecified atom stereocenters. The maximum Gasteiger partial charge on any atom is 0.513 e. The van der Waals surface area contributed by atoms with E-state index in [0.29, 0.717) is 0 Å². The third-order valence-electron chi connectivity index (χ3n) is 1.29. The van der Waals surface area contributed by atoms with Gasteiger partial charge in [-0.25, -0.2) is 4.79 Å². The first-order valence-corrected chi connectivity index (χ1v) is 4.05. The molecule has 0 bridgehead atoms. The van der Waals surface area contributed by atoms with E-state index in [0.717, 1.165) is 0 Å². The number of ether oxygens (including phenoxy) is 2. The van der Waals surface area contributed by atoms with E-state index in [4.69, 9.17) is 16.3 Å². The molecule has 1 rings (SSSR count). The zero-order valence-corrected chi connectivity index (χ0v) is 8.04. The zero-order chi connectivity index (χ0) is 9.84. The van der Waals surface area contributed by atoms with Crippen molar-refractivity contribution >= 4 is 17.8 Å². The van der Waals surface area contributed by atoms with Crippen molar-refractivity contribution in [2.75, 3.05) is 6.61 Å². The Hall–Kier alpha value is -1.23. The molecule has 0 N–H and O–H groups in total. The highest BCUT2D eigenvalue weighted by molar-refractivity contribution is 6.31. The van der Waals surface area contributed by atoms with Crippen molar-refractivity contribution in [2.24, 2.45) is 7.05 Å². The van der Waals surface area contributed by atoms with Gasteiger partial charge >= 0.3 is 6.16 Å². The molecule has 6 heteroatoms. The van der Waals surface area contributed by atoms with Crippen molar-refractivity contribution in [1.29, 1.82) is 0 Å². The normalized spacial score (nSPS) is 9.77. The maximum absolute atomic E-state index is 10.8. The number of aryl methyl sites for hydroxylation is 1. The Morgan fingerprint density at radius 3 is 2.92 bits per heavy atom. The molecule has 0 aromatic carbocycles. The molecular weight excluding hydrogens is 196 g/mol. The molecule has 0 aliphatic rings. The summed E-state index contributed by atoms with van der Waals surface area (Å²) >= 11 is 5.72. The first-order chi connectivity index (χ1) is 6.15. The van der Waals surface area contributed by atoms with Gasteiger partial charge in [-0.1, -0.05) is 11.6 Å². The number of nitrogens with zero attached hydrogens (tertiary/aromatic N) is 2. The number of carbonyl (C=O) groups excluding carboxylic acids is 1. The highest BCUT2D eigenvalue weighted by Crippen LogP contribution is 2.22. The summed E-state index contributed by atoms with van der Waals surface area (Å²) in [4.78, 5) is 10.8. The Bertz CT molecular complexity index is 311. The van der Waals surface area contributed by atoms with Gasteiger partial charge in [0.15, 0.2) is 10.9 Å². The molecule has 0 fully saturated rings. The summed E-state index contributed by atoms with van der Waals surface area (Å²) in [5, 5.41) is 4.04. The van der Waals surface area contributed by atoms with Gasteiger partial charge in [0.2, 0.25) is 0 Å². The van der Waals surface area contributed by atoms with E-state index in [1.165, 1.54) is 10.9 Å². The third kappa shape index (κ3) is 2.35. The summed E-state index contributed by atoms with van der Waals surface area (Å²) < 4.78 is 10.7. The van der Waals surface area contributed by atoms with Crippen molar-refractivity contribution in [3.8, 4) is 5.75 Å². The third-order valence-corrected chi connectivity index (χ3v) is 1.72. The van der Waals surface area contributed by atoms with E-state index in [1.807, 2.05) is 0 Å². The van der Waals surface area contributed by atoms with Gasteiger partial charge in [-0.3, -0.25) is 4.68 Å². The monoisotopic (exact) mass is 204 g/mol. The molecule has 0 spiro atoms. The quantitative estimate of drug-likeness (QED) is 0.687. The molecule has 13 heavy (non-hydrogen) atoms. The van der Waals surface area contributed by atoms with Crippen LogP contribution < -0.4 is 4.74 Å². The van der Waals surface area contributed by atoms with Gasteiger partial charge in [0.1, 0.15) is 0 Å². The topological polar surface area (TPSA) is 53.4 Å². The Labute approximate surface area is 80.2 Å². The fourth-order valence-corrected chi connectivity index (χ4v) is 0.839. The molecule has 0 saturated heterocycles. The summed E-state index contributed by atoms with van der Waals surface area (Å²) in [5.41, 5.74) is 0. The molecule has 0 amide bonds. The zero-order valence-electron chi connectivity index (χ0n) is 7.28. The first kappa shape index (κ1) is 9.85. The second-order valence-electron chi connectivity index (χ2n) is 2.21. The fourth-order valence-electron chi connectivity index (χ4n) is 0.708. The van der Waals surface area contributed by atoms with Gasteiger partial charge in [-0.05, 0) is 6.92 Å². The first-order valence-electron chi connectivity index (χ1n) is 3.67. The molecule has 0 aliphatic carbocycles. The minimum absolute atomic E-state index is 0.197.